The molecule has 3 amide bonds. The number of benzene rings is 2. The van der Waals surface area contributed by atoms with Crippen molar-refractivity contribution in [2.24, 2.45) is 5.16 Å². The van der Waals surface area contributed by atoms with Crippen LogP contribution in [0.25, 0.3) is 11.1 Å². The molecule has 1 heterocycles. The number of likely N-dealkylation sites (N-methyl/N-ethyl adjacent to an activating group) is 1. The third kappa shape index (κ3) is 2.54. The minimum absolute atomic E-state index is 0.176. The van der Waals surface area contributed by atoms with Crippen LogP contribution in [0.3, 0.4) is 0 Å². The van der Waals surface area contributed by atoms with Crippen LogP contribution < -0.4 is 0 Å². The molecule has 0 spiro atoms. The summed E-state index contributed by atoms with van der Waals surface area (Å²) in [5.74, 6) is -0.203. The SMILES string of the molecule is CN1C(=O)CC(CON=C2c3ccccc3-c3ccccc32)N(C)C1=O. The highest BCUT2D eigenvalue weighted by Crippen LogP contribution is 2.36. The quantitative estimate of drug-likeness (QED) is 0.683. The van der Waals surface area contributed by atoms with Gasteiger partial charge in [-0.05, 0) is 11.1 Å². The molecule has 0 bridgehead atoms. The van der Waals surface area contributed by atoms with Gasteiger partial charge in [0, 0.05) is 25.2 Å². The summed E-state index contributed by atoms with van der Waals surface area (Å²) in [5.41, 5.74) is 5.10. The standard InChI is InChI=1S/C20H19N3O3/c1-22-13(11-18(24)23(2)20(22)25)12-26-21-19-16-9-5-3-7-14(16)15-8-4-6-10-17(15)19/h3-10,13H,11-12H2,1-2H3. The molecule has 0 aromatic heterocycles. The van der Waals surface area contributed by atoms with Crippen LogP contribution in [0.2, 0.25) is 0 Å². The number of hydrogen-bond acceptors (Lipinski definition) is 4. The summed E-state index contributed by atoms with van der Waals surface area (Å²) in [7, 11) is 3.16. The lowest BCUT2D eigenvalue weighted by Gasteiger charge is -2.35. The maximum atomic E-state index is 12.0. The van der Waals surface area contributed by atoms with E-state index in [4.69, 9.17) is 4.84 Å². The number of fused-ring (bicyclic) bond motifs is 3. The monoisotopic (exact) mass is 349 g/mol. The molecule has 0 saturated carbocycles. The van der Waals surface area contributed by atoms with Gasteiger partial charge in [-0.2, -0.15) is 0 Å². The van der Waals surface area contributed by atoms with E-state index >= 15 is 0 Å². The van der Waals surface area contributed by atoms with Crippen molar-refractivity contribution in [3.05, 3.63) is 59.7 Å². The Kier molecular flexibility index (Phi) is 3.95. The highest BCUT2D eigenvalue weighted by Gasteiger charge is 2.35. The summed E-state index contributed by atoms with van der Waals surface area (Å²) in [6.07, 6.45) is 0.233. The molecule has 1 aliphatic carbocycles. The van der Waals surface area contributed by atoms with Gasteiger partial charge >= 0.3 is 6.03 Å². The van der Waals surface area contributed by atoms with Gasteiger partial charge in [-0.3, -0.25) is 9.69 Å². The Bertz CT molecular complexity index is 875. The summed E-state index contributed by atoms with van der Waals surface area (Å²) in [6.45, 7) is 0.176. The van der Waals surface area contributed by atoms with Crippen LogP contribution in [0.1, 0.15) is 17.5 Å². The molecule has 2 aromatic carbocycles. The highest BCUT2D eigenvalue weighted by molar-refractivity contribution is 6.24. The number of oxime groups is 1. The maximum Gasteiger partial charge on any atom is 0.326 e. The first-order valence-electron chi connectivity index (χ1n) is 8.50. The Morgan fingerprint density at radius 1 is 0.962 bits per heavy atom. The number of imide groups is 1. The van der Waals surface area contributed by atoms with E-state index in [1.165, 1.54) is 11.9 Å². The maximum absolute atomic E-state index is 12.0. The molecule has 1 unspecified atom stereocenters. The fourth-order valence-electron chi connectivity index (χ4n) is 3.43. The molecule has 4 rings (SSSR count). The van der Waals surface area contributed by atoms with Crippen molar-refractivity contribution >= 4 is 17.6 Å². The molecule has 0 radical (unpaired) electrons. The molecule has 2 aromatic rings. The normalized spacial score (nSPS) is 18.7. The van der Waals surface area contributed by atoms with E-state index in [2.05, 4.69) is 17.3 Å². The molecule has 6 heteroatoms. The lowest BCUT2D eigenvalue weighted by molar-refractivity contribution is -0.132. The van der Waals surface area contributed by atoms with E-state index in [0.29, 0.717) is 0 Å². The average Bonchev–Trinajstić information content (AvgIpc) is 2.98. The Hall–Kier alpha value is -3.15. The summed E-state index contributed by atoms with van der Waals surface area (Å²) in [6, 6.07) is 15.5. The van der Waals surface area contributed by atoms with E-state index in [1.807, 2.05) is 36.4 Å². The Balaban J connectivity index is 1.56. The first-order valence-corrected chi connectivity index (χ1v) is 8.50. The highest BCUT2D eigenvalue weighted by atomic mass is 16.6. The molecule has 1 aliphatic heterocycles. The van der Waals surface area contributed by atoms with Gasteiger partial charge < -0.3 is 9.74 Å². The molecule has 1 saturated heterocycles. The van der Waals surface area contributed by atoms with Crippen LogP contribution in [0.5, 0.6) is 0 Å². The molecule has 6 nitrogen and oxygen atoms in total. The molecule has 2 aliphatic rings. The Morgan fingerprint density at radius 2 is 1.50 bits per heavy atom. The lowest BCUT2D eigenvalue weighted by Crippen LogP contribution is -2.55. The minimum Gasteiger partial charge on any atom is -0.393 e. The van der Waals surface area contributed by atoms with E-state index in [9.17, 15) is 9.59 Å². The van der Waals surface area contributed by atoms with Crippen LogP contribution in [-0.4, -0.2) is 54.2 Å². The van der Waals surface area contributed by atoms with Gasteiger partial charge in [0.1, 0.15) is 12.3 Å². The van der Waals surface area contributed by atoms with Gasteiger partial charge in [-0.1, -0.05) is 53.7 Å². The zero-order valence-electron chi connectivity index (χ0n) is 14.7. The summed E-state index contributed by atoms with van der Waals surface area (Å²) in [4.78, 5) is 32.2. The van der Waals surface area contributed by atoms with E-state index < -0.39 is 0 Å². The van der Waals surface area contributed by atoms with Crippen LogP contribution in [-0.2, 0) is 9.63 Å². The van der Waals surface area contributed by atoms with Gasteiger partial charge in [-0.25, -0.2) is 4.79 Å². The number of carbonyl (C=O) groups excluding carboxylic acids is 2. The predicted octanol–water partition coefficient (Wildman–Crippen LogP) is 2.72. The van der Waals surface area contributed by atoms with Gasteiger partial charge in [0.05, 0.1) is 12.5 Å². The first-order chi connectivity index (χ1) is 12.6. The fourth-order valence-corrected chi connectivity index (χ4v) is 3.43. The van der Waals surface area contributed by atoms with Crippen molar-refractivity contribution in [2.45, 2.75) is 12.5 Å². The van der Waals surface area contributed by atoms with E-state index in [-0.39, 0.29) is 31.0 Å². The van der Waals surface area contributed by atoms with Crippen molar-refractivity contribution in [1.82, 2.24) is 9.80 Å². The molecular formula is C20H19N3O3. The molecular weight excluding hydrogens is 330 g/mol. The third-order valence-corrected chi connectivity index (χ3v) is 5.00. The second-order valence-corrected chi connectivity index (χ2v) is 6.53. The molecule has 26 heavy (non-hydrogen) atoms. The van der Waals surface area contributed by atoms with E-state index in [0.717, 1.165) is 32.9 Å². The van der Waals surface area contributed by atoms with Gasteiger partial charge in [0.2, 0.25) is 5.91 Å². The second kappa shape index (κ2) is 6.29. The van der Waals surface area contributed by atoms with Gasteiger partial charge in [0.15, 0.2) is 0 Å². The Labute approximate surface area is 151 Å². The van der Waals surface area contributed by atoms with Crippen LogP contribution in [0.15, 0.2) is 53.7 Å². The third-order valence-electron chi connectivity index (χ3n) is 5.00. The first kappa shape index (κ1) is 16.3. The van der Waals surface area contributed by atoms with Crippen molar-refractivity contribution in [3.63, 3.8) is 0 Å². The van der Waals surface area contributed by atoms with Crippen molar-refractivity contribution < 1.29 is 14.4 Å². The Morgan fingerprint density at radius 3 is 2.08 bits per heavy atom. The number of urea groups is 1. The fraction of sp³-hybridized carbons (Fsp3) is 0.250. The van der Waals surface area contributed by atoms with Crippen LogP contribution >= 0.6 is 0 Å². The van der Waals surface area contributed by atoms with Gasteiger partial charge in [-0.15, -0.1) is 0 Å². The summed E-state index contributed by atoms with van der Waals surface area (Å²) in [5, 5.41) is 4.36. The second-order valence-electron chi connectivity index (χ2n) is 6.53. The zero-order valence-corrected chi connectivity index (χ0v) is 14.7. The number of amides is 3. The van der Waals surface area contributed by atoms with Crippen molar-refractivity contribution in [2.75, 3.05) is 20.7 Å². The van der Waals surface area contributed by atoms with Crippen molar-refractivity contribution in [3.8, 4) is 11.1 Å². The topological polar surface area (TPSA) is 62.2 Å². The van der Waals surface area contributed by atoms with E-state index in [1.54, 1.807) is 7.05 Å². The predicted molar refractivity (Wildman–Crippen MR) is 97.8 cm³/mol. The molecule has 0 N–H and O–H groups in total. The number of nitrogens with zero attached hydrogens (tertiary/aromatic N) is 3. The zero-order chi connectivity index (χ0) is 18.3. The summed E-state index contributed by atoms with van der Waals surface area (Å²) < 4.78 is 0. The minimum atomic E-state index is -0.320. The van der Waals surface area contributed by atoms with Crippen LogP contribution in [0, 0.1) is 0 Å². The number of hydrogen-bond donors (Lipinski definition) is 0. The smallest absolute Gasteiger partial charge is 0.326 e. The van der Waals surface area contributed by atoms with Gasteiger partial charge in [0.25, 0.3) is 0 Å². The number of carbonyl (C=O) groups is 2. The molecule has 1 atom stereocenters. The largest absolute Gasteiger partial charge is 0.393 e. The summed E-state index contributed by atoms with van der Waals surface area (Å²) >= 11 is 0. The van der Waals surface area contributed by atoms with Crippen molar-refractivity contribution in [1.29, 1.82) is 0 Å². The van der Waals surface area contributed by atoms with Crippen LogP contribution in [0.4, 0.5) is 4.79 Å². The average molecular weight is 349 g/mol. The lowest BCUT2D eigenvalue weighted by atomic mass is 10.1. The molecule has 1 fully saturated rings. The number of rotatable bonds is 3. The molecule has 132 valence electrons.